The molecule has 0 fully saturated rings. The number of rotatable bonds is 6. The Balaban J connectivity index is 3.51. The quantitative estimate of drug-likeness (QED) is 0.782. The molecule has 1 unspecified atom stereocenters. The average molecular weight is 341 g/mol. The smallest absolute Gasteiger partial charge is 0.296 e. The highest BCUT2D eigenvalue weighted by Gasteiger charge is 2.57. The normalized spacial score (nSPS) is 17.1. The molecule has 0 aromatic heterocycles. The van der Waals surface area contributed by atoms with Crippen LogP contribution in [0.1, 0.15) is 26.3 Å². The van der Waals surface area contributed by atoms with Crippen molar-refractivity contribution in [3.8, 4) is 0 Å². The van der Waals surface area contributed by atoms with E-state index in [0.29, 0.717) is 0 Å². The Bertz CT molecular complexity index is 548. The minimum absolute atomic E-state index is 0.686. The van der Waals surface area contributed by atoms with Crippen LogP contribution >= 0.6 is 0 Å². The highest BCUT2D eigenvalue weighted by Crippen LogP contribution is 2.40. The van der Waals surface area contributed by atoms with Gasteiger partial charge in [0.05, 0.1) is 15.7 Å². The summed E-state index contributed by atoms with van der Waals surface area (Å²) in [7, 11) is -2.11. The first kappa shape index (κ1) is 19.1. The van der Waals surface area contributed by atoms with Gasteiger partial charge in [-0.15, -0.1) is 0 Å². The number of benzene rings is 1. The van der Waals surface area contributed by atoms with Crippen molar-refractivity contribution >= 4 is 11.0 Å². The third-order valence-electron chi connectivity index (χ3n) is 3.18. The van der Waals surface area contributed by atoms with E-state index in [4.69, 9.17) is 5.11 Å². The zero-order valence-corrected chi connectivity index (χ0v) is 13.3. The molecule has 0 radical (unpaired) electrons. The Morgan fingerprint density at radius 1 is 1.23 bits per heavy atom. The molecule has 0 spiro atoms. The van der Waals surface area contributed by atoms with Crippen molar-refractivity contribution in [2.24, 2.45) is 0 Å². The van der Waals surface area contributed by atoms with Gasteiger partial charge in [0.15, 0.2) is 5.54 Å². The molecule has 0 aliphatic heterocycles. The molecule has 0 saturated heterocycles. The van der Waals surface area contributed by atoms with Crippen LogP contribution in [0.3, 0.4) is 0 Å². The van der Waals surface area contributed by atoms with Crippen molar-refractivity contribution < 1.29 is 26.9 Å². The van der Waals surface area contributed by atoms with Gasteiger partial charge in [0.2, 0.25) is 0 Å². The number of hydrogen-bond acceptors (Lipinski definition) is 2. The van der Waals surface area contributed by atoms with Gasteiger partial charge in [-0.1, -0.05) is 18.2 Å². The lowest BCUT2D eigenvalue weighted by molar-refractivity contribution is -0.127. The standard InChI is InChI=1S/C14H19F4NO2S/c1-12(2,3)22(21)19-13(8-15,14(17,18)9-20)10-6-4-5-7-11(10)16/h4-7,19-20H,8-9H2,1-3H3/t13-,22?/m1/s1. The molecule has 3 nitrogen and oxygen atoms in total. The van der Waals surface area contributed by atoms with Crippen LogP contribution in [0.25, 0.3) is 0 Å². The van der Waals surface area contributed by atoms with Gasteiger partial charge >= 0.3 is 0 Å². The number of halogens is 4. The van der Waals surface area contributed by atoms with Crippen molar-refractivity contribution in [2.45, 2.75) is 37.0 Å². The predicted octanol–water partition coefficient (Wildman–Crippen LogP) is 2.67. The summed E-state index contributed by atoms with van der Waals surface area (Å²) in [5, 5.41) is 8.95. The molecule has 2 atom stereocenters. The molecular weight excluding hydrogens is 322 g/mol. The van der Waals surface area contributed by atoms with Crippen molar-refractivity contribution in [1.29, 1.82) is 0 Å². The van der Waals surface area contributed by atoms with E-state index in [0.717, 1.165) is 12.1 Å². The lowest BCUT2D eigenvalue weighted by atomic mass is 9.85. The Morgan fingerprint density at radius 2 is 1.77 bits per heavy atom. The highest BCUT2D eigenvalue weighted by molar-refractivity contribution is 7.84. The number of hydrogen-bond donors (Lipinski definition) is 2. The van der Waals surface area contributed by atoms with Crippen molar-refractivity contribution in [3.63, 3.8) is 0 Å². The minimum Gasteiger partial charge on any atom is -0.390 e. The fraction of sp³-hybridized carbons (Fsp3) is 0.571. The van der Waals surface area contributed by atoms with E-state index in [1.807, 2.05) is 4.72 Å². The summed E-state index contributed by atoms with van der Waals surface area (Å²) in [6, 6.07) is 4.40. The van der Waals surface area contributed by atoms with Gasteiger partial charge in [-0.2, -0.15) is 0 Å². The van der Waals surface area contributed by atoms with Crippen LogP contribution in [0.4, 0.5) is 17.6 Å². The van der Waals surface area contributed by atoms with Gasteiger partial charge in [0, 0.05) is 5.56 Å². The topological polar surface area (TPSA) is 49.3 Å². The van der Waals surface area contributed by atoms with Crippen LogP contribution in [0.15, 0.2) is 24.3 Å². The first-order chi connectivity index (χ1) is 10.0. The van der Waals surface area contributed by atoms with E-state index >= 15 is 0 Å². The second kappa shape index (κ2) is 6.64. The molecule has 8 heteroatoms. The van der Waals surface area contributed by atoms with Gasteiger partial charge in [-0.25, -0.2) is 26.5 Å². The van der Waals surface area contributed by atoms with Crippen LogP contribution in [0, 0.1) is 5.82 Å². The maximum Gasteiger partial charge on any atom is 0.296 e. The largest absolute Gasteiger partial charge is 0.390 e. The molecule has 0 aliphatic carbocycles. The fourth-order valence-electron chi connectivity index (χ4n) is 1.78. The number of aliphatic hydroxyl groups excluding tert-OH is 1. The van der Waals surface area contributed by atoms with E-state index in [9.17, 15) is 21.8 Å². The van der Waals surface area contributed by atoms with Gasteiger partial charge in [-0.05, 0) is 26.8 Å². The van der Waals surface area contributed by atoms with Gasteiger partial charge in [0.25, 0.3) is 5.92 Å². The van der Waals surface area contributed by atoms with Crippen LogP contribution in [-0.2, 0) is 16.5 Å². The van der Waals surface area contributed by atoms with Crippen molar-refractivity contribution in [3.05, 3.63) is 35.6 Å². The first-order valence-electron chi connectivity index (χ1n) is 6.51. The minimum atomic E-state index is -4.06. The Labute approximate surface area is 129 Å². The fourth-order valence-corrected chi connectivity index (χ4v) is 2.71. The van der Waals surface area contributed by atoms with Crippen LogP contribution in [-0.4, -0.2) is 33.3 Å². The van der Waals surface area contributed by atoms with E-state index in [2.05, 4.69) is 0 Å². The van der Waals surface area contributed by atoms with Crippen LogP contribution < -0.4 is 4.72 Å². The van der Waals surface area contributed by atoms with Gasteiger partial charge in [-0.3, -0.25) is 0 Å². The molecule has 0 amide bonds. The maximum atomic E-state index is 14.2. The number of alkyl halides is 3. The molecule has 0 aliphatic rings. The summed E-state index contributed by atoms with van der Waals surface area (Å²) in [4.78, 5) is 0. The zero-order valence-electron chi connectivity index (χ0n) is 12.5. The average Bonchev–Trinajstić information content (AvgIpc) is 2.44. The molecule has 1 rings (SSSR count). The van der Waals surface area contributed by atoms with Crippen molar-refractivity contribution in [1.82, 2.24) is 4.72 Å². The van der Waals surface area contributed by atoms with E-state index in [-0.39, 0.29) is 0 Å². The van der Waals surface area contributed by atoms with Crippen LogP contribution in [0.5, 0.6) is 0 Å². The molecule has 22 heavy (non-hydrogen) atoms. The molecular formula is C14H19F4NO2S. The zero-order chi connectivity index (χ0) is 17.2. The molecule has 2 N–H and O–H groups in total. The lowest BCUT2D eigenvalue weighted by Gasteiger charge is -2.39. The van der Waals surface area contributed by atoms with E-state index in [1.165, 1.54) is 32.9 Å². The third-order valence-corrected chi connectivity index (χ3v) is 4.83. The second-order valence-electron chi connectivity index (χ2n) is 5.86. The summed E-state index contributed by atoms with van der Waals surface area (Å²) in [6.45, 7) is 1.02. The van der Waals surface area contributed by atoms with E-state index in [1.54, 1.807) is 0 Å². The predicted molar refractivity (Wildman–Crippen MR) is 77.1 cm³/mol. The first-order valence-corrected chi connectivity index (χ1v) is 7.66. The highest BCUT2D eigenvalue weighted by atomic mass is 32.2. The molecule has 0 saturated carbocycles. The molecule has 0 bridgehead atoms. The summed E-state index contributed by atoms with van der Waals surface area (Å²) < 4.78 is 69.3. The molecule has 1 aromatic rings. The van der Waals surface area contributed by atoms with Gasteiger partial charge < -0.3 is 5.11 Å². The van der Waals surface area contributed by atoms with Crippen LogP contribution in [0.2, 0.25) is 0 Å². The Morgan fingerprint density at radius 3 is 2.18 bits per heavy atom. The maximum absolute atomic E-state index is 14.2. The summed E-state index contributed by atoms with van der Waals surface area (Å²) in [6.07, 6.45) is 0. The third kappa shape index (κ3) is 3.49. The van der Waals surface area contributed by atoms with E-state index < -0.39 is 51.9 Å². The number of aliphatic hydroxyl groups is 1. The monoisotopic (exact) mass is 341 g/mol. The van der Waals surface area contributed by atoms with Crippen molar-refractivity contribution in [2.75, 3.05) is 13.3 Å². The molecule has 1 aromatic carbocycles. The SMILES string of the molecule is CC(C)(C)S(=O)N[C@](CF)(c1ccccc1F)C(F)(F)CO. The van der Waals surface area contributed by atoms with Gasteiger partial charge in [0.1, 0.15) is 19.1 Å². The Kier molecular flexibility index (Phi) is 5.75. The summed E-state index contributed by atoms with van der Waals surface area (Å²) in [5.41, 5.74) is -3.61. The molecule has 126 valence electrons. The summed E-state index contributed by atoms with van der Waals surface area (Å²) >= 11 is 0. The summed E-state index contributed by atoms with van der Waals surface area (Å²) in [5.74, 6) is -5.14. The second-order valence-corrected chi connectivity index (χ2v) is 7.83. The number of nitrogens with one attached hydrogen (secondary N) is 1. The lowest BCUT2D eigenvalue weighted by Crippen LogP contribution is -2.61. The molecule has 0 heterocycles. The Hall–Kier alpha value is -0.990.